The van der Waals surface area contributed by atoms with Gasteiger partial charge in [0.05, 0.1) is 22.6 Å². The second kappa shape index (κ2) is 6.49. The van der Waals surface area contributed by atoms with Crippen LogP contribution in [0.3, 0.4) is 0 Å². The minimum atomic E-state index is -0.361. The van der Waals surface area contributed by atoms with Crippen LogP contribution in [0.15, 0.2) is 60.8 Å². The molecule has 1 aliphatic rings. The monoisotopic (exact) mass is 335 g/mol. The van der Waals surface area contributed by atoms with Crippen molar-refractivity contribution in [2.45, 2.75) is 6.10 Å². The molecule has 25 heavy (non-hydrogen) atoms. The SMILES string of the molecule is O=[N+]([O-])c1ccc(N2CCOC(c3ccccc3)C2)c2ncccc12. The minimum absolute atomic E-state index is 0.0242. The van der Waals surface area contributed by atoms with Gasteiger partial charge in [0.1, 0.15) is 11.6 Å². The molecule has 0 amide bonds. The molecule has 1 saturated heterocycles. The molecule has 0 radical (unpaired) electrons. The molecule has 2 heterocycles. The quantitative estimate of drug-likeness (QED) is 0.539. The molecule has 1 atom stereocenters. The van der Waals surface area contributed by atoms with Crippen LogP contribution in [0.1, 0.15) is 11.7 Å². The molecule has 0 N–H and O–H groups in total. The van der Waals surface area contributed by atoms with Crippen molar-refractivity contribution in [1.29, 1.82) is 0 Å². The molecule has 1 fully saturated rings. The number of non-ortho nitro benzene ring substituents is 1. The molecule has 126 valence electrons. The molecule has 0 saturated carbocycles. The highest BCUT2D eigenvalue weighted by Crippen LogP contribution is 2.34. The Labute approximate surface area is 144 Å². The Morgan fingerprint density at radius 3 is 2.76 bits per heavy atom. The molecule has 1 aliphatic heterocycles. The zero-order chi connectivity index (χ0) is 17.2. The fourth-order valence-electron chi connectivity index (χ4n) is 3.29. The lowest BCUT2D eigenvalue weighted by Gasteiger charge is -2.35. The van der Waals surface area contributed by atoms with Gasteiger partial charge in [-0.15, -0.1) is 0 Å². The van der Waals surface area contributed by atoms with Crippen LogP contribution < -0.4 is 4.90 Å². The van der Waals surface area contributed by atoms with Crippen LogP contribution in [0.5, 0.6) is 0 Å². The first-order valence-corrected chi connectivity index (χ1v) is 8.17. The van der Waals surface area contributed by atoms with Crippen molar-refractivity contribution >= 4 is 22.3 Å². The first-order valence-electron chi connectivity index (χ1n) is 8.17. The summed E-state index contributed by atoms with van der Waals surface area (Å²) in [4.78, 5) is 17.5. The van der Waals surface area contributed by atoms with Gasteiger partial charge in [0.25, 0.3) is 5.69 Å². The summed E-state index contributed by atoms with van der Waals surface area (Å²) in [5.74, 6) is 0. The van der Waals surface area contributed by atoms with Gasteiger partial charge in [0.15, 0.2) is 0 Å². The number of aromatic nitrogens is 1. The molecule has 4 rings (SSSR count). The molecule has 3 aromatic rings. The number of morpholine rings is 1. The van der Waals surface area contributed by atoms with E-state index in [0.717, 1.165) is 17.8 Å². The minimum Gasteiger partial charge on any atom is -0.370 e. The van der Waals surface area contributed by atoms with Gasteiger partial charge in [-0.05, 0) is 23.8 Å². The van der Waals surface area contributed by atoms with Crippen LogP contribution in [-0.4, -0.2) is 29.6 Å². The highest BCUT2D eigenvalue weighted by Gasteiger charge is 2.25. The second-order valence-electron chi connectivity index (χ2n) is 5.98. The van der Waals surface area contributed by atoms with Crippen molar-refractivity contribution in [2.75, 3.05) is 24.6 Å². The van der Waals surface area contributed by atoms with Crippen LogP contribution in [0.2, 0.25) is 0 Å². The van der Waals surface area contributed by atoms with Crippen LogP contribution in [0.25, 0.3) is 10.9 Å². The molecular weight excluding hydrogens is 318 g/mol. The smallest absolute Gasteiger partial charge is 0.278 e. The Bertz CT molecular complexity index is 914. The lowest BCUT2D eigenvalue weighted by atomic mass is 10.1. The third-order valence-electron chi connectivity index (χ3n) is 4.50. The normalized spacial score (nSPS) is 17.6. The summed E-state index contributed by atoms with van der Waals surface area (Å²) < 4.78 is 5.92. The topological polar surface area (TPSA) is 68.5 Å². The zero-order valence-corrected chi connectivity index (χ0v) is 13.5. The Morgan fingerprint density at radius 1 is 1.12 bits per heavy atom. The van der Waals surface area contributed by atoms with Crippen molar-refractivity contribution in [1.82, 2.24) is 4.98 Å². The molecule has 6 nitrogen and oxygen atoms in total. The van der Waals surface area contributed by atoms with Crippen LogP contribution in [0.4, 0.5) is 11.4 Å². The molecule has 1 unspecified atom stereocenters. The molecule has 0 aliphatic carbocycles. The van der Waals surface area contributed by atoms with Crippen LogP contribution in [0, 0.1) is 10.1 Å². The van der Waals surface area contributed by atoms with E-state index in [1.165, 1.54) is 0 Å². The van der Waals surface area contributed by atoms with E-state index in [9.17, 15) is 10.1 Å². The van der Waals surface area contributed by atoms with Gasteiger partial charge >= 0.3 is 0 Å². The standard InChI is InChI=1S/C19H17N3O3/c23-22(24)16-8-9-17(19-15(16)7-4-10-20-19)21-11-12-25-18(13-21)14-5-2-1-3-6-14/h1-10,18H,11-13H2. The number of nitro groups is 1. The number of anilines is 1. The summed E-state index contributed by atoms with van der Waals surface area (Å²) in [6.45, 7) is 2.02. The first kappa shape index (κ1) is 15.5. The van der Waals surface area contributed by atoms with Gasteiger partial charge < -0.3 is 9.64 Å². The van der Waals surface area contributed by atoms with E-state index in [-0.39, 0.29) is 16.7 Å². The van der Waals surface area contributed by atoms with Crippen molar-refractivity contribution < 1.29 is 9.66 Å². The summed E-state index contributed by atoms with van der Waals surface area (Å²) in [5.41, 5.74) is 2.78. The first-order chi connectivity index (χ1) is 12.2. The maximum atomic E-state index is 11.3. The largest absolute Gasteiger partial charge is 0.370 e. The third-order valence-corrected chi connectivity index (χ3v) is 4.50. The van der Waals surface area contributed by atoms with Crippen molar-refractivity contribution in [3.05, 3.63) is 76.5 Å². The van der Waals surface area contributed by atoms with Gasteiger partial charge in [-0.1, -0.05) is 30.3 Å². The van der Waals surface area contributed by atoms with E-state index in [2.05, 4.69) is 22.0 Å². The Morgan fingerprint density at radius 2 is 1.96 bits per heavy atom. The van der Waals surface area contributed by atoms with Gasteiger partial charge in [-0.3, -0.25) is 15.1 Å². The Hall–Kier alpha value is -2.99. The second-order valence-corrected chi connectivity index (χ2v) is 5.98. The summed E-state index contributed by atoms with van der Waals surface area (Å²) >= 11 is 0. The lowest BCUT2D eigenvalue weighted by Crippen LogP contribution is -2.38. The Balaban J connectivity index is 1.72. The summed E-state index contributed by atoms with van der Waals surface area (Å²) in [5, 5.41) is 11.8. The van der Waals surface area contributed by atoms with Crippen molar-refractivity contribution in [3.8, 4) is 0 Å². The third kappa shape index (κ3) is 2.92. The predicted octanol–water partition coefficient (Wildman–Crippen LogP) is 3.72. The average molecular weight is 335 g/mol. The van der Waals surface area contributed by atoms with Gasteiger partial charge in [0.2, 0.25) is 0 Å². The number of nitro benzene ring substituents is 1. The summed E-state index contributed by atoms with van der Waals surface area (Å²) in [6.07, 6.45) is 1.65. The van der Waals surface area contributed by atoms with Crippen molar-refractivity contribution in [2.24, 2.45) is 0 Å². The Kier molecular flexibility index (Phi) is 4.03. The van der Waals surface area contributed by atoms with Crippen molar-refractivity contribution in [3.63, 3.8) is 0 Å². The highest BCUT2D eigenvalue weighted by atomic mass is 16.6. The molecule has 6 heteroatoms. The van der Waals surface area contributed by atoms with E-state index in [1.807, 2.05) is 18.2 Å². The number of hydrogen-bond acceptors (Lipinski definition) is 5. The van der Waals surface area contributed by atoms with E-state index < -0.39 is 0 Å². The fourth-order valence-corrected chi connectivity index (χ4v) is 3.29. The van der Waals surface area contributed by atoms with Gasteiger partial charge in [-0.25, -0.2) is 0 Å². The van der Waals surface area contributed by atoms with Crippen LogP contribution in [-0.2, 0) is 4.74 Å². The maximum Gasteiger partial charge on any atom is 0.278 e. The molecule has 0 bridgehead atoms. The number of pyridine rings is 1. The summed E-state index contributed by atoms with van der Waals surface area (Å²) in [7, 11) is 0. The molecule has 0 spiro atoms. The highest BCUT2D eigenvalue weighted by molar-refractivity contribution is 5.97. The van der Waals surface area contributed by atoms with Gasteiger partial charge in [-0.2, -0.15) is 0 Å². The number of hydrogen-bond donors (Lipinski definition) is 0. The maximum absolute atomic E-state index is 11.3. The number of ether oxygens (including phenoxy) is 1. The number of nitrogens with zero attached hydrogens (tertiary/aromatic N) is 3. The molecule has 1 aromatic heterocycles. The molecule has 2 aromatic carbocycles. The van der Waals surface area contributed by atoms with E-state index in [0.29, 0.717) is 24.1 Å². The van der Waals surface area contributed by atoms with E-state index >= 15 is 0 Å². The number of fused-ring (bicyclic) bond motifs is 1. The van der Waals surface area contributed by atoms with E-state index in [4.69, 9.17) is 4.74 Å². The fraction of sp³-hybridized carbons (Fsp3) is 0.211. The zero-order valence-electron chi connectivity index (χ0n) is 13.5. The van der Waals surface area contributed by atoms with Crippen LogP contribution >= 0.6 is 0 Å². The average Bonchev–Trinajstić information content (AvgIpc) is 2.68. The predicted molar refractivity (Wildman–Crippen MR) is 95.7 cm³/mol. The van der Waals surface area contributed by atoms with E-state index in [1.54, 1.807) is 30.5 Å². The summed E-state index contributed by atoms with van der Waals surface area (Å²) in [6, 6.07) is 16.9. The number of rotatable bonds is 3. The number of benzene rings is 2. The van der Waals surface area contributed by atoms with Gasteiger partial charge in [0, 0.05) is 25.4 Å². The lowest BCUT2D eigenvalue weighted by molar-refractivity contribution is -0.383. The molecular formula is C19H17N3O3.